The Morgan fingerprint density at radius 3 is 2.62 bits per heavy atom. The fourth-order valence-electron chi connectivity index (χ4n) is 3.40. The number of aromatic nitrogens is 1. The van der Waals surface area contributed by atoms with E-state index in [1.807, 2.05) is 50.2 Å². The van der Waals surface area contributed by atoms with Gasteiger partial charge in [-0.25, -0.2) is 4.79 Å². The van der Waals surface area contributed by atoms with E-state index in [9.17, 15) is 9.59 Å². The van der Waals surface area contributed by atoms with Crippen molar-refractivity contribution in [3.63, 3.8) is 0 Å². The van der Waals surface area contributed by atoms with E-state index in [1.54, 1.807) is 17.2 Å². The molecule has 0 spiro atoms. The number of carbonyl (C=O) groups excluding carboxylic acids is 2. The number of rotatable bonds is 6. The van der Waals surface area contributed by atoms with Gasteiger partial charge in [0.2, 0.25) is 0 Å². The van der Waals surface area contributed by atoms with Crippen LogP contribution in [0, 0.1) is 0 Å². The molecule has 29 heavy (non-hydrogen) atoms. The third kappa shape index (κ3) is 5.70. The summed E-state index contributed by atoms with van der Waals surface area (Å²) in [6.45, 7) is 5.46. The van der Waals surface area contributed by atoms with Crippen LogP contribution in [0.4, 0.5) is 10.5 Å². The van der Waals surface area contributed by atoms with Crippen molar-refractivity contribution in [3.05, 3.63) is 59.9 Å². The van der Waals surface area contributed by atoms with E-state index in [4.69, 9.17) is 4.74 Å². The van der Waals surface area contributed by atoms with Gasteiger partial charge in [-0.3, -0.25) is 9.78 Å². The van der Waals surface area contributed by atoms with Crippen LogP contribution >= 0.6 is 0 Å². The van der Waals surface area contributed by atoms with Crippen LogP contribution in [0.15, 0.2) is 48.7 Å². The molecule has 1 atom stereocenters. The molecule has 154 valence electrons. The van der Waals surface area contributed by atoms with Gasteiger partial charge >= 0.3 is 6.09 Å². The Balaban J connectivity index is 1.54. The number of benzene rings is 1. The zero-order valence-electron chi connectivity index (χ0n) is 16.9. The number of hydrogen-bond acceptors (Lipinski definition) is 5. The minimum Gasteiger partial charge on any atom is -0.450 e. The molecule has 0 radical (unpaired) electrons. The van der Waals surface area contributed by atoms with Crippen molar-refractivity contribution in [1.29, 1.82) is 0 Å². The quantitative estimate of drug-likeness (QED) is 0.779. The zero-order chi connectivity index (χ0) is 20.6. The molecule has 2 N–H and O–H groups in total. The van der Waals surface area contributed by atoms with Crippen molar-refractivity contribution in [3.8, 4) is 0 Å². The van der Waals surface area contributed by atoms with E-state index in [0.717, 1.165) is 24.1 Å². The smallest absolute Gasteiger partial charge is 0.409 e. The van der Waals surface area contributed by atoms with E-state index in [0.29, 0.717) is 25.4 Å². The Hall–Kier alpha value is -3.09. The summed E-state index contributed by atoms with van der Waals surface area (Å²) in [5, 5.41) is 6.44. The summed E-state index contributed by atoms with van der Waals surface area (Å²) in [6, 6.07) is 13.6. The van der Waals surface area contributed by atoms with Crippen LogP contribution in [0.2, 0.25) is 0 Å². The summed E-state index contributed by atoms with van der Waals surface area (Å²) < 4.78 is 5.05. The molecule has 0 bridgehead atoms. The van der Waals surface area contributed by atoms with Gasteiger partial charge in [-0.2, -0.15) is 0 Å². The average Bonchev–Trinajstić information content (AvgIpc) is 2.75. The van der Waals surface area contributed by atoms with E-state index < -0.39 is 0 Å². The molecule has 3 rings (SSSR count). The van der Waals surface area contributed by atoms with Crippen molar-refractivity contribution >= 4 is 17.7 Å². The largest absolute Gasteiger partial charge is 0.450 e. The summed E-state index contributed by atoms with van der Waals surface area (Å²) in [6.07, 6.45) is 3.04. The number of piperidine rings is 1. The second kappa shape index (κ2) is 9.91. The standard InChI is InChI=1S/C22H28N4O3/c1-3-29-22(28)26-13-10-18(11-14-26)25-19-9-12-23-20(15-19)21(27)24-16(2)17-7-5-4-6-8-17/h4-9,12,15-16,18H,3,10-11,13-14H2,1-2H3,(H,23,25)(H,24,27). The number of hydrogen-bond donors (Lipinski definition) is 2. The van der Waals surface area contributed by atoms with Crippen molar-refractivity contribution < 1.29 is 14.3 Å². The predicted molar refractivity (Wildman–Crippen MR) is 112 cm³/mol. The normalized spacial score (nSPS) is 15.4. The Kier molecular flexibility index (Phi) is 7.05. The molecule has 2 aromatic rings. The van der Waals surface area contributed by atoms with E-state index in [-0.39, 0.29) is 24.1 Å². The second-order valence-electron chi connectivity index (χ2n) is 7.14. The van der Waals surface area contributed by atoms with Gasteiger partial charge in [0.25, 0.3) is 5.91 Å². The molecule has 0 saturated carbocycles. The van der Waals surface area contributed by atoms with Crippen LogP contribution in [-0.2, 0) is 4.74 Å². The molecule has 1 aliphatic rings. The molecule has 7 nitrogen and oxygen atoms in total. The second-order valence-corrected chi connectivity index (χ2v) is 7.14. The number of pyridine rings is 1. The molecule has 7 heteroatoms. The number of nitrogens with one attached hydrogen (secondary N) is 2. The SMILES string of the molecule is CCOC(=O)N1CCC(Nc2ccnc(C(=O)NC(C)c3ccccc3)c2)CC1. The van der Waals surface area contributed by atoms with Gasteiger partial charge in [-0.15, -0.1) is 0 Å². The third-order valence-electron chi connectivity index (χ3n) is 5.03. The molecule has 1 aromatic carbocycles. The Morgan fingerprint density at radius 1 is 1.21 bits per heavy atom. The number of amides is 2. The fourth-order valence-corrected chi connectivity index (χ4v) is 3.40. The number of ether oxygens (including phenoxy) is 1. The third-order valence-corrected chi connectivity index (χ3v) is 5.03. The highest BCUT2D eigenvalue weighted by Crippen LogP contribution is 2.18. The number of likely N-dealkylation sites (tertiary alicyclic amines) is 1. The summed E-state index contributed by atoms with van der Waals surface area (Å²) in [5.74, 6) is -0.206. The van der Waals surface area contributed by atoms with E-state index in [1.165, 1.54) is 0 Å². The van der Waals surface area contributed by atoms with Crippen LogP contribution in [0.25, 0.3) is 0 Å². The summed E-state index contributed by atoms with van der Waals surface area (Å²) in [5.41, 5.74) is 2.28. The highest BCUT2D eigenvalue weighted by Gasteiger charge is 2.23. The first kappa shape index (κ1) is 20.6. The van der Waals surface area contributed by atoms with Gasteiger partial charge in [0, 0.05) is 31.0 Å². The molecule has 1 fully saturated rings. The molecule has 1 aromatic heterocycles. The van der Waals surface area contributed by atoms with Crippen LogP contribution in [0.5, 0.6) is 0 Å². The van der Waals surface area contributed by atoms with Crippen LogP contribution in [0.1, 0.15) is 48.8 Å². The summed E-state index contributed by atoms with van der Waals surface area (Å²) in [4.78, 5) is 30.3. The molecular formula is C22H28N4O3. The van der Waals surface area contributed by atoms with Crippen molar-refractivity contribution in [2.24, 2.45) is 0 Å². The first-order valence-corrected chi connectivity index (χ1v) is 10.1. The molecule has 1 unspecified atom stereocenters. The highest BCUT2D eigenvalue weighted by molar-refractivity contribution is 5.93. The minimum absolute atomic E-state index is 0.102. The lowest BCUT2D eigenvalue weighted by atomic mass is 10.0. The first-order valence-electron chi connectivity index (χ1n) is 10.1. The Labute approximate surface area is 171 Å². The molecule has 0 aliphatic carbocycles. The lowest BCUT2D eigenvalue weighted by Gasteiger charge is -2.32. The Bertz CT molecular complexity index is 820. The van der Waals surface area contributed by atoms with Gasteiger partial charge in [-0.1, -0.05) is 30.3 Å². The van der Waals surface area contributed by atoms with Crippen molar-refractivity contribution in [2.75, 3.05) is 25.0 Å². The zero-order valence-corrected chi connectivity index (χ0v) is 16.9. The number of nitrogens with zero attached hydrogens (tertiary/aromatic N) is 2. The fraction of sp³-hybridized carbons (Fsp3) is 0.409. The highest BCUT2D eigenvalue weighted by atomic mass is 16.6. The van der Waals surface area contributed by atoms with Gasteiger partial charge in [0.15, 0.2) is 0 Å². The molecule has 1 aliphatic heterocycles. The van der Waals surface area contributed by atoms with E-state index >= 15 is 0 Å². The van der Waals surface area contributed by atoms with Gasteiger partial charge in [-0.05, 0) is 44.4 Å². The molecule has 2 heterocycles. The molecule has 2 amide bonds. The molecule has 1 saturated heterocycles. The minimum atomic E-state index is -0.249. The first-order chi connectivity index (χ1) is 14.1. The maximum atomic E-state index is 12.6. The Morgan fingerprint density at radius 2 is 1.93 bits per heavy atom. The maximum absolute atomic E-state index is 12.6. The van der Waals surface area contributed by atoms with Crippen LogP contribution in [0.3, 0.4) is 0 Å². The molecular weight excluding hydrogens is 368 g/mol. The van der Waals surface area contributed by atoms with Gasteiger partial charge in [0.1, 0.15) is 5.69 Å². The summed E-state index contributed by atoms with van der Waals surface area (Å²) >= 11 is 0. The van der Waals surface area contributed by atoms with Crippen LogP contribution < -0.4 is 10.6 Å². The monoisotopic (exact) mass is 396 g/mol. The summed E-state index contributed by atoms with van der Waals surface area (Å²) in [7, 11) is 0. The van der Waals surface area contributed by atoms with E-state index in [2.05, 4.69) is 15.6 Å². The predicted octanol–water partition coefficient (Wildman–Crippen LogP) is 3.61. The van der Waals surface area contributed by atoms with Crippen LogP contribution in [-0.4, -0.2) is 47.6 Å². The lowest BCUT2D eigenvalue weighted by molar-refractivity contribution is 0.0933. The maximum Gasteiger partial charge on any atom is 0.409 e. The topological polar surface area (TPSA) is 83.6 Å². The van der Waals surface area contributed by atoms with Crippen molar-refractivity contribution in [2.45, 2.75) is 38.8 Å². The van der Waals surface area contributed by atoms with Gasteiger partial charge < -0.3 is 20.3 Å². The van der Waals surface area contributed by atoms with Gasteiger partial charge in [0.05, 0.1) is 12.6 Å². The number of carbonyl (C=O) groups is 2. The lowest BCUT2D eigenvalue weighted by Crippen LogP contribution is -2.42. The average molecular weight is 396 g/mol. The van der Waals surface area contributed by atoms with Crippen molar-refractivity contribution in [1.82, 2.24) is 15.2 Å². The number of anilines is 1.